The van der Waals surface area contributed by atoms with Gasteiger partial charge in [0.05, 0.1) is 23.3 Å². The van der Waals surface area contributed by atoms with Crippen LogP contribution in [0.5, 0.6) is 0 Å². The minimum absolute atomic E-state index is 0.106. The Labute approximate surface area is 137 Å². The fraction of sp³-hybridized carbons (Fsp3) is 0.312. The van der Waals surface area contributed by atoms with E-state index in [-0.39, 0.29) is 10.6 Å². The van der Waals surface area contributed by atoms with Crippen molar-refractivity contribution in [2.24, 2.45) is 0 Å². The summed E-state index contributed by atoms with van der Waals surface area (Å²) in [6.07, 6.45) is 4.17. The van der Waals surface area contributed by atoms with Gasteiger partial charge in [0.1, 0.15) is 0 Å². The summed E-state index contributed by atoms with van der Waals surface area (Å²) in [4.78, 5) is 14.3. The molecule has 23 heavy (non-hydrogen) atoms. The Kier molecular flexibility index (Phi) is 3.59. The second kappa shape index (κ2) is 5.75. The largest absolute Gasteiger partial charge is 0.276 e. The van der Waals surface area contributed by atoms with Gasteiger partial charge in [0.25, 0.3) is 5.69 Å². The van der Waals surface area contributed by atoms with Crippen LogP contribution in [0.25, 0.3) is 10.9 Å². The van der Waals surface area contributed by atoms with Crippen LogP contribution in [0.3, 0.4) is 0 Å². The number of fused-ring (bicyclic) bond motifs is 1. The zero-order valence-electron chi connectivity index (χ0n) is 12.5. The van der Waals surface area contributed by atoms with Crippen LogP contribution in [0.15, 0.2) is 41.9 Å². The van der Waals surface area contributed by atoms with Crippen molar-refractivity contribution in [3.63, 3.8) is 0 Å². The van der Waals surface area contributed by atoms with E-state index < -0.39 is 0 Å². The van der Waals surface area contributed by atoms with E-state index in [0.29, 0.717) is 12.7 Å². The molecule has 2 aromatic heterocycles. The third-order valence-corrected chi connectivity index (χ3v) is 5.02. The first kappa shape index (κ1) is 14.3. The van der Waals surface area contributed by atoms with Gasteiger partial charge in [-0.25, -0.2) is 0 Å². The topological polar surface area (TPSA) is 64.2 Å². The van der Waals surface area contributed by atoms with Crippen molar-refractivity contribution in [3.05, 3.63) is 56.9 Å². The maximum absolute atomic E-state index is 10.9. The maximum atomic E-state index is 10.9. The number of hydrogen-bond acceptors (Lipinski definition) is 5. The smallest absolute Gasteiger partial charge is 0.270 e. The number of nitro groups is 1. The molecule has 7 heteroatoms. The van der Waals surface area contributed by atoms with Gasteiger partial charge in [0.2, 0.25) is 0 Å². The van der Waals surface area contributed by atoms with Crippen molar-refractivity contribution >= 4 is 27.9 Å². The summed E-state index contributed by atoms with van der Waals surface area (Å²) in [7, 11) is 0. The second-order valence-electron chi connectivity index (χ2n) is 5.84. The predicted molar refractivity (Wildman–Crippen MR) is 89.3 cm³/mol. The highest BCUT2D eigenvalue weighted by atomic mass is 32.1. The zero-order valence-corrected chi connectivity index (χ0v) is 13.3. The lowest BCUT2D eigenvalue weighted by Gasteiger charge is -2.21. The molecule has 0 N–H and O–H groups in total. The van der Waals surface area contributed by atoms with Crippen LogP contribution in [-0.4, -0.2) is 25.6 Å². The van der Waals surface area contributed by atoms with E-state index in [4.69, 9.17) is 0 Å². The first-order valence-corrected chi connectivity index (χ1v) is 8.45. The lowest BCUT2D eigenvalue weighted by atomic mass is 10.2. The summed E-state index contributed by atoms with van der Waals surface area (Å²) in [5.41, 5.74) is 1.04. The molecule has 0 bridgehead atoms. The Bertz CT molecular complexity index is 839. The van der Waals surface area contributed by atoms with Crippen molar-refractivity contribution in [2.75, 3.05) is 0 Å². The Balaban J connectivity index is 1.59. The Morgan fingerprint density at radius 3 is 2.96 bits per heavy atom. The van der Waals surface area contributed by atoms with E-state index in [2.05, 4.69) is 27.5 Å². The molecule has 1 fully saturated rings. The van der Waals surface area contributed by atoms with Crippen LogP contribution < -0.4 is 0 Å². The molecule has 118 valence electrons. The minimum atomic E-state index is -0.371. The van der Waals surface area contributed by atoms with Crippen molar-refractivity contribution in [1.82, 2.24) is 14.7 Å². The third-order valence-electron chi connectivity index (χ3n) is 4.15. The van der Waals surface area contributed by atoms with Gasteiger partial charge in [0.15, 0.2) is 0 Å². The Hall–Kier alpha value is -2.25. The minimum Gasteiger partial charge on any atom is -0.276 e. The van der Waals surface area contributed by atoms with Crippen LogP contribution in [0.2, 0.25) is 0 Å². The highest BCUT2D eigenvalue weighted by molar-refractivity contribution is 7.09. The lowest BCUT2D eigenvalue weighted by Crippen LogP contribution is -2.28. The first-order chi connectivity index (χ1) is 11.2. The Morgan fingerprint density at radius 1 is 1.39 bits per heavy atom. The second-order valence-corrected chi connectivity index (χ2v) is 6.88. The quantitative estimate of drug-likeness (QED) is 0.512. The average Bonchev–Trinajstić information content (AvgIpc) is 3.13. The van der Waals surface area contributed by atoms with E-state index in [1.165, 1.54) is 17.7 Å². The fourth-order valence-electron chi connectivity index (χ4n) is 2.81. The fourth-order valence-corrected chi connectivity index (χ4v) is 3.54. The first-order valence-electron chi connectivity index (χ1n) is 7.57. The zero-order chi connectivity index (χ0) is 15.8. The average molecular weight is 328 g/mol. The van der Waals surface area contributed by atoms with E-state index in [0.717, 1.165) is 17.4 Å². The molecule has 0 unspecified atom stereocenters. The van der Waals surface area contributed by atoms with E-state index in [1.807, 2.05) is 4.68 Å². The van der Waals surface area contributed by atoms with E-state index >= 15 is 0 Å². The predicted octanol–water partition coefficient (Wildman–Crippen LogP) is 3.63. The summed E-state index contributed by atoms with van der Waals surface area (Å²) in [6, 6.07) is 9.77. The van der Waals surface area contributed by atoms with Crippen molar-refractivity contribution in [1.29, 1.82) is 0 Å². The van der Waals surface area contributed by atoms with Crippen LogP contribution in [-0.2, 0) is 13.2 Å². The van der Waals surface area contributed by atoms with Crippen molar-refractivity contribution in [2.45, 2.75) is 32.1 Å². The van der Waals surface area contributed by atoms with Crippen LogP contribution >= 0.6 is 11.3 Å². The number of nitro benzene ring substituents is 1. The monoisotopic (exact) mass is 328 g/mol. The number of aromatic nitrogens is 2. The number of nitrogens with zero attached hydrogens (tertiary/aromatic N) is 4. The van der Waals surface area contributed by atoms with Gasteiger partial charge < -0.3 is 0 Å². The third kappa shape index (κ3) is 2.97. The van der Waals surface area contributed by atoms with Gasteiger partial charge >= 0.3 is 0 Å². The van der Waals surface area contributed by atoms with Gasteiger partial charge in [-0.05, 0) is 30.4 Å². The molecule has 6 nitrogen and oxygen atoms in total. The molecule has 0 amide bonds. The molecular formula is C16H16N4O2S. The van der Waals surface area contributed by atoms with Crippen molar-refractivity contribution in [3.8, 4) is 0 Å². The highest BCUT2D eigenvalue weighted by Gasteiger charge is 2.29. The molecule has 0 saturated heterocycles. The molecule has 0 spiro atoms. The molecule has 0 radical (unpaired) electrons. The summed E-state index contributed by atoms with van der Waals surface area (Å²) in [5, 5.41) is 18.2. The van der Waals surface area contributed by atoms with E-state index in [1.54, 1.807) is 35.7 Å². The van der Waals surface area contributed by atoms with E-state index in [9.17, 15) is 10.1 Å². The van der Waals surface area contributed by atoms with Gasteiger partial charge in [0, 0.05) is 35.0 Å². The molecule has 4 rings (SSSR count). The number of rotatable bonds is 6. The molecule has 1 aromatic carbocycles. The van der Waals surface area contributed by atoms with Crippen LogP contribution in [0, 0.1) is 10.1 Å². The lowest BCUT2D eigenvalue weighted by molar-refractivity contribution is -0.384. The Morgan fingerprint density at radius 2 is 2.26 bits per heavy atom. The summed E-state index contributed by atoms with van der Waals surface area (Å²) in [5.74, 6) is 0. The van der Waals surface area contributed by atoms with Gasteiger partial charge in [-0.3, -0.25) is 19.7 Å². The van der Waals surface area contributed by atoms with Gasteiger partial charge in [-0.2, -0.15) is 5.10 Å². The standard InChI is InChI=1S/C16H16N4O2S/c21-20(22)14-5-6-16-12(8-14)9-17-19(16)11-18(13-3-4-13)10-15-2-1-7-23-15/h1-2,5-9,13H,3-4,10-11H2. The number of non-ortho nitro benzene ring substituents is 1. The molecule has 3 aromatic rings. The van der Waals surface area contributed by atoms with Gasteiger partial charge in [-0.1, -0.05) is 6.07 Å². The molecule has 0 atom stereocenters. The summed E-state index contributed by atoms with van der Waals surface area (Å²) in [6.45, 7) is 1.64. The molecule has 1 saturated carbocycles. The number of benzene rings is 1. The number of hydrogen-bond donors (Lipinski definition) is 0. The van der Waals surface area contributed by atoms with Crippen LogP contribution in [0.1, 0.15) is 17.7 Å². The molecule has 2 heterocycles. The molecule has 0 aliphatic heterocycles. The highest BCUT2D eigenvalue weighted by Crippen LogP contribution is 2.30. The SMILES string of the molecule is O=[N+]([O-])c1ccc2c(cnn2CN(Cc2cccs2)C2CC2)c1. The number of thiophene rings is 1. The maximum Gasteiger partial charge on any atom is 0.270 e. The normalized spacial score (nSPS) is 14.7. The van der Waals surface area contributed by atoms with Crippen LogP contribution in [0.4, 0.5) is 5.69 Å². The molecule has 1 aliphatic carbocycles. The molecular weight excluding hydrogens is 312 g/mol. The molecule has 1 aliphatic rings. The van der Waals surface area contributed by atoms with Crippen molar-refractivity contribution < 1.29 is 4.92 Å². The summed E-state index contributed by atoms with van der Waals surface area (Å²) >= 11 is 1.77. The summed E-state index contributed by atoms with van der Waals surface area (Å²) < 4.78 is 1.94. The van der Waals surface area contributed by atoms with Gasteiger partial charge in [-0.15, -0.1) is 11.3 Å².